The van der Waals surface area contributed by atoms with Crippen molar-refractivity contribution < 1.29 is 0 Å². The van der Waals surface area contributed by atoms with Gasteiger partial charge in [0, 0.05) is 47.6 Å². The SMILES string of the molecule is N#Cc1ccccc1-c1ccc2c(c1)c1cc(-c3ccccc3C#N)ccc1n2-c1ccc(-c2cccc3c2sc2ccccc23)cc1-c1nc(-c2ccccc2)nc(-c2ccccc2)n1. The number of aromatic nitrogens is 4. The zero-order chi connectivity index (χ0) is 44.1. The molecule has 0 spiro atoms. The van der Waals surface area contributed by atoms with E-state index in [1.165, 1.54) is 20.2 Å². The number of hydrogen-bond donors (Lipinski definition) is 0. The topological polar surface area (TPSA) is 91.2 Å². The maximum Gasteiger partial charge on any atom is 0.166 e. The van der Waals surface area contributed by atoms with E-state index in [2.05, 4.69) is 114 Å². The van der Waals surface area contributed by atoms with E-state index in [0.29, 0.717) is 28.6 Å². The lowest BCUT2D eigenvalue weighted by Crippen LogP contribution is -2.04. The molecular weight excluding hydrogens is 825 g/mol. The standard InChI is InChI=1S/C59H34N6S/c60-35-42-18-7-9-20-44(42)39-26-29-52-49(32-39)50-33-40(45-21-10-8-19-43(45)36-61)27-30-53(50)65(52)54-31-28-41(46-23-13-24-48-47-22-11-12-25-55(47)66-56(46)48)34-51(54)59-63-57(37-14-3-1-4-15-37)62-58(64-59)38-16-5-2-6-17-38/h1-34H. The quantitative estimate of drug-likeness (QED) is 0.159. The Morgan fingerprint density at radius 3 is 1.45 bits per heavy atom. The van der Waals surface area contributed by atoms with Gasteiger partial charge in [0.05, 0.1) is 40.0 Å². The van der Waals surface area contributed by atoms with Gasteiger partial charge in [0.15, 0.2) is 17.5 Å². The summed E-state index contributed by atoms with van der Waals surface area (Å²) in [5.41, 5.74) is 12.4. The van der Waals surface area contributed by atoms with Crippen LogP contribution in [0.25, 0.3) is 115 Å². The van der Waals surface area contributed by atoms with Crippen LogP contribution in [0.2, 0.25) is 0 Å². The molecule has 12 rings (SSSR count). The lowest BCUT2D eigenvalue weighted by atomic mass is 9.96. The molecule has 0 radical (unpaired) electrons. The molecule has 66 heavy (non-hydrogen) atoms. The second kappa shape index (κ2) is 16.0. The van der Waals surface area contributed by atoms with Gasteiger partial charge in [0.2, 0.25) is 0 Å². The van der Waals surface area contributed by atoms with Crippen LogP contribution in [0.15, 0.2) is 206 Å². The van der Waals surface area contributed by atoms with Crippen molar-refractivity contribution >= 4 is 53.3 Å². The fourth-order valence-corrected chi connectivity index (χ4v) is 10.5. The van der Waals surface area contributed by atoms with Crippen molar-refractivity contribution in [2.75, 3.05) is 0 Å². The summed E-state index contributed by atoms with van der Waals surface area (Å²) in [7, 11) is 0. The van der Waals surface area contributed by atoms with Crippen LogP contribution < -0.4 is 0 Å². The fraction of sp³-hybridized carbons (Fsp3) is 0. The van der Waals surface area contributed by atoms with E-state index in [4.69, 9.17) is 15.0 Å². The van der Waals surface area contributed by atoms with Crippen LogP contribution in [0.3, 0.4) is 0 Å². The van der Waals surface area contributed by atoms with Gasteiger partial charge < -0.3 is 4.57 Å². The number of thiophene rings is 1. The molecule has 0 saturated heterocycles. The first-order valence-corrected chi connectivity index (χ1v) is 22.4. The van der Waals surface area contributed by atoms with E-state index in [1.807, 2.05) is 121 Å². The summed E-state index contributed by atoms with van der Waals surface area (Å²) in [6.07, 6.45) is 0. The van der Waals surface area contributed by atoms with Crippen LogP contribution in [0.4, 0.5) is 0 Å². The third-order valence-corrected chi connectivity index (χ3v) is 13.6. The molecule has 0 fully saturated rings. The molecule has 0 aliphatic carbocycles. The smallest absolute Gasteiger partial charge is 0.166 e. The van der Waals surface area contributed by atoms with E-state index in [0.717, 1.165) is 77.6 Å². The number of benzene rings is 9. The second-order valence-corrected chi connectivity index (χ2v) is 17.2. The average molecular weight is 859 g/mol. The third kappa shape index (κ3) is 6.50. The Bertz CT molecular complexity index is 3790. The number of fused-ring (bicyclic) bond motifs is 6. The zero-order valence-electron chi connectivity index (χ0n) is 35.2. The normalized spacial score (nSPS) is 11.3. The summed E-state index contributed by atoms with van der Waals surface area (Å²) in [5.74, 6) is 1.69. The maximum absolute atomic E-state index is 10.2. The van der Waals surface area contributed by atoms with Crippen molar-refractivity contribution in [3.05, 3.63) is 217 Å². The van der Waals surface area contributed by atoms with Gasteiger partial charge in [-0.1, -0.05) is 152 Å². The van der Waals surface area contributed by atoms with Gasteiger partial charge in [-0.05, 0) is 88.0 Å². The van der Waals surface area contributed by atoms with E-state index in [1.54, 1.807) is 0 Å². The van der Waals surface area contributed by atoms with E-state index in [-0.39, 0.29) is 0 Å². The van der Waals surface area contributed by atoms with Crippen LogP contribution in [0.1, 0.15) is 11.1 Å². The first-order valence-electron chi connectivity index (χ1n) is 21.6. The van der Waals surface area contributed by atoms with Crippen LogP contribution in [0.5, 0.6) is 0 Å². The average Bonchev–Trinajstić information content (AvgIpc) is 3.94. The van der Waals surface area contributed by atoms with E-state index in [9.17, 15) is 10.5 Å². The minimum Gasteiger partial charge on any atom is -0.308 e. The minimum atomic E-state index is 0.539. The van der Waals surface area contributed by atoms with Gasteiger partial charge in [-0.15, -0.1) is 11.3 Å². The summed E-state index contributed by atoms with van der Waals surface area (Å²) in [6.45, 7) is 0. The van der Waals surface area contributed by atoms with Gasteiger partial charge in [0.1, 0.15) is 0 Å². The van der Waals surface area contributed by atoms with E-state index >= 15 is 0 Å². The Balaban J connectivity index is 1.17. The molecule has 0 aliphatic heterocycles. The number of rotatable bonds is 7. The molecule has 6 nitrogen and oxygen atoms in total. The van der Waals surface area contributed by atoms with Crippen LogP contribution in [0, 0.1) is 22.7 Å². The van der Waals surface area contributed by atoms with Gasteiger partial charge in [-0.25, -0.2) is 15.0 Å². The van der Waals surface area contributed by atoms with Gasteiger partial charge >= 0.3 is 0 Å². The molecule has 0 atom stereocenters. The third-order valence-electron chi connectivity index (χ3n) is 12.4. The first kappa shape index (κ1) is 38.6. The molecular formula is C59H34N6S. The summed E-state index contributed by atoms with van der Waals surface area (Å²) in [6, 6.07) is 75.0. The van der Waals surface area contributed by atoms with Crippen molar-refractivity contribution in [3.8, 4) is 85.4 Å². The molecule has 0 amide bonds. The molecule has 3 heterocycles. The van der Waals surface area contributed by atoms with Crippen LogP contribution in [-0.4, -0.2) is 19.5 Å². The highest BCUT2D eigenvalue weighted by atomic mass is 32.1. The first-order chi connectivity index (χ1) is 32.6. The zero-order valence-corrected chi connectivity index (χ0v) is 36.0. The van der Waals surface area contributed by atoms with Gasteiger partial charge in [-0.2, -0.15) is 10.5 Å². The Morgan fingerprint density at radius 1 is 0.364 bits per heavy atom. The summed E-state index contributed by atoms with van der Waals surface area (Å²) < 4.78 is 4.76. The van der Waals surface area contributed by atoms with Crippen molar-refractivity contribution in [2.24, 2.45) is 0 Å². The molecule has 12 aromatic rings. The molecule has 7 heteroatoms. The van der Waals surface area contributed by atoms with Crippen molar-refractivity contribution in [2.45, 2.75) is 0 Å². The summed E-state index contributed by atoms with van der Waals surface area (Å²) >= 11 is 1.81. The Hall–Kier alpha value is -9.01. The molecule has 0 unspecified atom stereocenters. The predicted octanol–water partition coefficient (Wildman–Crippen LogP) is 15.1. The van der Waals surface area contributed by atoms with Crippen molar-refractivity contribution in [1.29, 1.82) is 10.5 Å². The molecule has 0 aliphatic rings. The Kier molecular flexibility index (Phi) is 9.35. The monoisotopic (exact) mass is 858 g/mol. The highest BCUT2D eigenvalue weighted by Crippen LogP contribution is 2.44. The van der Waals surface area contributed by atoms with Crippen LogP contribution in [-0.2, 0) is 0 Å². The summed E-state index contributed by atoms with van der Waals surface area (Å²) in [5, 5.41) is 24.8. The Labute approximate surface area is 384 Å². The molecule has 9 aromatic carbocycles. The van der Waals surface area contributed by atoms with Crippen molar-refractivity contribution in [3.63, 3.8) is 0 Å². The summed E-state index contributed by atoms with van der Waals surface area (Å²) in [4.78, 5) is 15.7. The van der Waals surface area contributed by atoms with Crippen LogP contribution >= 0.6 is 11.3 Å². The minimum absolute atomic E-state index is 0.539. The highest BCUT2D eigenvalue weighted by molar-refractivity contribution is 7.26. The Morgan fingerprint density at radius 2 is 0.848 bits per heavy atom. The van der Waals surface area contributed by atoms with E-state index < -0.39 is 0 Å². The highest BCUT2D eigenvalue weighted by Gasteiger charge is 2.23. The molecule has 0 N–H and O–H groups in total. The van der Waals surface area contributed by atoms with Gasteiger partial charge in [0.25, 0.3) is 0 Å². The van der Waals surface area contributed by atoms with Crippen molar-refractivity contribution in [1.82, 2.24) is 19.5 Å². The number of hydrogen-bond acceptors (Lipinski definition) is 6. The molecule has 0 saturated carbocycles. The molecule has 306 valence electrons. The maximum atomic E-state index is 10.2. The number of nitrogens with zero attached hydrogens (tertiary/aromatic N) is 6. The number of nitriles is 2. The predicted molar refractivity (Wildman–Crippen MR) is 269 cm³/mol. The lowest BCUT2D eigenvalue weighted by Gasteiger charge is -2.17. The second-order valence-electron chi connectivity index (χ2n) is 16.2. The molecule has 0 bridgehead atoms. The lowest BCUT2D eigenvalue weighted by molar-refractivity contribution is 1.06. The fourth-order valence-electron chi connectivity index (χ4n) is 9.26. The largest absolute Gasteiger partial charge is 0.308 e. The van der Waals surface area contributed by atoms with Gasteiger partial charge in [-0.3, -0.25) is 0 Å². The molecule has 3 aromatic heterocycles.